The molecule has 160 valence electrons. The molecule has 2 N–H and O–H groups in total. The van der Waals surface area contributed by atoms with Crippen molar-refractivity contribution >= 4 is 12.2 Å². The lowest BCUT2D eigenvalue weighted by molar-refractivity contribution is 0.0861. The number of hydrogen-bond donors (Lipinski definition) is 2. The fourth-order valence-electron chi connectivity index (χ4n) is 4.12. The molecule has 0 fully saturated rings. The maximum atomic E-state index is 12.1. The number of rotatable bonds is 5. The first-order valence-electron chi connectivity index (χ1n) is 10.7. The van der Waals surface area contributed by atoms with E-state index in [1.165, 1.54) is 11.1 Å². The zero-order valence-electron chi connectivity index (χ0n) is 17.4. The van der Waals surface area contributed by atoms with Gasteiger partial charge in [-0.15, -0.1) is 11.8 Å². The van der Waals surface area contributed by atoms with E-state index in [9.17, 15) is 9.59 Å². The summed E-state index contributed by atoms with van der Waals surface area (Å²) in [5, 5.41) is 5.10. The summed E-state index contributed by atoms with van der Waals surface area (Å²) < 4.78 is 10.9. The molecule has 31 heavy (non-hydrogen) atoms. The Morgan fingerprint density at radius 3 is 2.26 bits per heavy atom. The molecule has 0 radical (unpaired) electrons. The molecule has 0 spiro atoms. The highest BCUT2D eigenvalue weighted by atomic mass is 16.6. The Kier molecular flexibility index (Phi) is 6.73. The lowest BCUT2D eigenvalue weighted by Crippen LogP contribution is -2.39. The number of nitrogens with one attached hydrogen (secondary N) is 2. The quantitative estimate of drug-likeness (QED) is 0.552. The van der Waals surface area contributed by atoms with E-state index < -0.39 is 12.2 Å². The summed E-state index contributed by atoms with van der Waals surface area (Å²) in [4.78, 5) is 24.1. The van der Waals surface area contributed by atoms with Crippen LogP contribution in [0.4, 0.5) is 9.59 Å². The smallest absolute Gasteiger partial charge is 0.408 e. The summed E-state index contributed by atoms with van der Waals surface area (Å²) >= 11 is 0. The first-order valence-corrected chi connectivity index (χ1v) is 10.7. The van der Waals surface area contributed by atoms with Crippen LogP contribution in [0.3, 0.4) is 0 Å². The van der Waals surface area contributed by atoms with Gasteiger partial charge in [-0.3, -0.25) is 0 Å². The van der Waals surface area contributed by atoms with Gasteiger partial charge in [-0.25, -0.2) is 9.59 Å². The van der Waals surface area contributed by atoms with Gasteiger partial charge in [0.15, 0.2) is 0 Å². The molecular formula is C25H26N2O4. The lowest BCUT2D eigenvalue weighted by atomic mass is 9.98. The first kappa shape index (κ1) is 20.8. The maximum Gasteiger partial charge on any atom is 0.408 e. The molecule has 6 nitrogen and oxygen atoms in total. The number of carbonyl (C=O) groups excluding carboxylic acids is 2. The molecule has 4 rings (SSSR count). The van der Waals surface area contributed by atoms with Crippen molar-refractivity contribution in [2.45, 2.75) is 44.1 Å². The van der Waals surface area contributed by atoms with Crippen molar-refractivity contribution in [1.82, 2.24) is 10.6 Å². The molecule has 6 heteroatoms. The van der Waals surface area contributed by atoms with Crippen molar-refractivity contribution in [3.05, 3.63) is 59.7 Å². The summed E-state index contributed by atoms with van der Waals surface area (Å²) in [6.07, 6.45) is 2.77. The Morgan fingerprint density at radius 2 is 1.52 bits per heavy atom. The fourth-order valence-corrected chi connectivity index (χ4v) is 4.12. The second-order valence-corrected chi connectivity index (χ2v) is 7.67. The maximum absolute atomic E-state index is 12.1. The van der Waals surface area contributed by atoms with Crippen LogP contribution in [0.25, 0.3) is 11.1 Å². The Labute approximate surface area is 182 Å². The van der Waals surface area contributed by atoms with Crippen LogP contribution < -0.4 is 10.6 Å². The number of benzene rings is 2. The van der Waals surface area contributed by atoms with Crippen LogP contribution in [0.1, 0.15) is 49.1 Å². The van der Waals surface area contributed by atoms with Crippen LogP contribution in [-0.2, 0) is 9.47 Å². The van der Waals surface area contributed by atoms with E-state index in [0.717, 1.165) is 43.2 Å². The Morgan fingerprint density at radius 1 is 0.871 bits per heavy atom. The number of ether oxygens (including phenoxy) is 2. The van der Waals surface area contributed by atoms with Gasteiger partial charge in [-0.05, 0) is 41.5 Å². The molecular weight excluding hydrogens is 392 g/mol. The highest BCUT2D eigenvalue weighted by molar-refractivity contribution is 5.79. The van der Waals surface area contributed by atoms with E-state index >= 15 is 0 Å². The van der Waals surface area contributed by atoms with E-state index in [4.69, 9.17) is 9.47 Å². The molecule has 2 aromatic carbocycles. The molecule has 0 bridgehead atoms. The predicted molar refractivity (Wildman–Crippen MR) is 117 cm³/mol. The molecule has 0 saturated carbocycles. The van der Waals surface area contributed by atoms with Crippen LogP contribution >= 0.6 is 0 Å². The van der Waals surface area contributed by atoms with Crippen LogP contribution in [0, 0.1) is 11.8 Å². The van der Waals surface area contributed by atoms with Gasteiger partial charge < -0.3 is 20.1 Å². The van der Waals surface area contributed by atoms with Crippen molar-refractivity contribution < 1.29 is 19.1 Å². The summed E-state index contributed by atoms with van der Waals surface area (Å²) in [6, 6.07) is 16.3. The zero-order chi connectivity index (χ0) is 21.5. The first-order chi connectivity index (χ1) is 15.2. The summed E-state index contributed by atoms with van der Waals surface area (Å²) in [5.74, 6) is 6.15. The highest BCUT2D eigenvalue weighted by Gasteiger charge is 2.29. The van der Waals surface area contributed by atoms with Gasteiger partial charge in [0.1, 0.15) is 12.7 Å². The second-order valence-electron chi connectivity index (χ2n) is 7.67. The number of alkyl carbamates (subject to hydrolysis) is 2. The van der Waals surface area contributed by atoms with Crippen molar-refractivity contribution in [1.29, 1.82) is 0 Å². The van der Waals surface area contributed by atoms with Crippen LogP contribution in [-0.4, -0.2) is 31.6 Å². The molecule has 2 aliphatic rings. The Bertz CT molecular complexity index is 962. The van der Waals surface area contributed by atoms with Crippen LogP contribution in [0.5, 0.6) is 0 Å². The van der Waals surface area contributed by atoms with E-state index in [1.807, 2.05) is 24.3 Å². The summed E-state index contributed by atoms with van der Waals surface area (Å²) in [6.45, 7) is 0.176. The van der Waals surface area contributed by atoms with Gasteiger partial charge in [-0.2, -0.15) is 0 Å². The average Bonchev–Trinajstić information content (AvgIpc) is 3.08. The van der Waals surface area contributed by atoms with E-state index in [-0.39, 0.29) is 25.3 Å². The van der Waals surface area contributed by atoms with Gasteiger partial charge in [0, 0.05) is 18.8 Å². The number of amides is 2. The minimum atomic E-state index is -0.580. The van der Waals surface area contributed by atoms with Crippen molar-refractivity contribution in [2.75, 3.05) is 13.3 Å². The average molecular weight is 418 g/mol. The van der Waals surface area contributed by atoms with Crippen molar-refractivity contribution in [3.63, 3.8) is 0 Å². The van der Waals surface area contributed by atoms with Gasteiger partial charge in [0.2, 0.25) is 0 Å². The molecule has 0 heterocycles. The van der Waals surface area contributed by atoms with Gasteiger partial charge in [0.05, 0.1) is 6.67 Å². The molecule has 0 aromatic heterocycles. The molecule has 1 unspecified atom stereocenters. The van der Waals surface area contributed by atoms with Crippen molar-refractivity contribution in [3.8, 4) is 23.0 Å². The Balaban J connectivity index is 1.22. The molecule has 2 aromatic rings. The topological polar surface area (TPSA) is 76.7 Å². The number of hydrogen-bond acceptors (Lipinski definition) is 4. The van der Waals surface area contributed by atoms with E-state index in [2.05, 4.69) is 46.7 Å². The fraction of sp³-hybridized carbons (Fsp3) is 0.360. The molecule has 2 aliphatic carbocycles. The van der Waals surface area contributed by atoms with E-state index in [1.54, 1.807) is 0 Å². The van der Waals surface area contributed by atoms with Gasteiger partial charge >= 0.3 is 12.2 Å². The zero-order valence-corrected chi connectivity index (χ0v) is 17.4. The Hall–Kier alpha value is -3.46. The number of carbonyl (C=O) groups is 2. The second kappa shape index (κ2) is 10.0. The third kappa shape index (κ3) is 5.18. The van der Waals surface area contributed by atoms with Crippen LogP contribution in [0.2, 0.25) is 0 Å². The van der Waals surface area contributed by atoms with E-state index in [0.29, 0.717) is 0 Å². The molecule has 1 atom stereocenters. The van der Waals surface area contributed by atoms with Gasteiger partial charge in [0.25, 0.3) is 0 Å². The number of fused-ring (bicyclic) bond motifs is 3. The lowest BCUT2D eigenvalue weighted by Gasteiger charge is -2.18. The molecule has 0 aliphatic heterocycles. The third-order valence-corrected chi connectivity index (χ3v) is 5.63. The SMILES string of the molecule is O=C(NCNC(=O)OC1CCC#CCCC1)OCC1c2ccccc2-c2ccccc21. The summed E-state index contributed by atoms with van der Waals surface area (Å²) in [7, 11) is 0. The van der Waals surface area contributed by atoms with Gasteiger partial charge in [-0.1, -0.05) is 48.5 Å². The van der Waals surface area contributed by atoms with Crippen molar-refractivity contribution in [2.24, 2.45) is 0 Å². The standard InChI is InChI=1S/C25H26N2O4/c28-24(26-17-27-25(29)31-18-10-4-2-1-3-5-11-18)30-16-23-21-14-8-6-12-19(21)20-13-7-9-15-22(20)23/h6-9,12-15,18,23H,2,4-5,10-11,16-17H2,(H,26,28)(H,27,29). The predicted octanol–water partition coefficient (Wildman–Crippen LogP) is 4.54. The minimum absolute atomic E-state index is 0.00140. The summed E-state index contributed by atoms with van der Waals surface area (Å²) in [5.41, 5.74) is 4.66. The minimum Gasteiger partial charge on any atom is -0.449 e. The normalized spacial score (nSPS) is 17.1. The van der Waals surface area contributed by atoms with Crippen LogP contribution in [0.15, 0.2) is 48.5 Å². The third-order valence-electron chi connectivity index (χ3n) is 5.63. The molecule has 0 saturated heterocycles. The highest BCUT2D eigenvalue weighted by Crippen LogP contribution is 2.44. The monoisotopic (exact) mass is 418 g/mol. The molecule has 2 amide bonds. The largest absolute Gasteiger partial charge is 0.449 e.